The number of hydrogen-bond donors (Lipinski definition) is 3. The zero-order valence-electron chi connectivity index (χ0n) is 14.8. The van der Waals surface area contributed by atoms with Gasteiger partial charge >= 0.3 is 0 Å². The van der Waals surface area contributed by atoms with Gasteiger partial charge in [-0.2, -0.15) is 0 Å². The number of phenolic OH excluding ortho intramolecular Hbond substituents is 1. The lowest BCUT2D eigenvalue weighted by molar-refractivity contribution is 0.229. The summed E-state index contributed by atoms with van der Waals surface area (Å²) in [6.07, 6.45) is 5.00. The van der Waals surface area contributed by atoms with E-state index in [1.807, 2.05) is 18.2 Å². The number of aliphatic hydroxyl groups excluding tert-OH is 2. The lowest BCUT2D eigenvalue weighted by Crippen LogP contribution is -2.00. The summed E-state index contributed by atoms with van der Waals surface area (Å²) in [7, 11) is 0. The Bertz CT molecular complexity index is 648. The molecule has 0 aliphatic heterocycles. The summed E-state index contributed by atoms with van der Waals surface area (Å²) in [6.45, 7) is 2.57. The molecule has 0 spiro atoms. The summed E-state index contributed by atoms with van der Waals surface area (Å²) < 4.78 is 11.4. The maximum atomic E-state index is 9.84. The van der Waals surface area contributed by atoms with Crippen LogP contribution in [-0.2, 0) is 25.9 Å². The van der Waals surface area contributed by atoms with E-state index in [4.69, 9.17) is 14.3 Å². The van der Waals surface area contributed by atoms with E-state index < -0.39 is 0 Å². The van der Waals surface area contributed by atoms with Gasteiger partial charge < -0.3 is 24.5 Å². The molecule has 1 aromatic carbocycles. The van der Waals surface area contributed by atoms with Crippen molar-refractivity contribution in [3.05, 3.63) is 46.9 Å². The quantitative estimate of drug-likeness (QED) is 0.542. The molecule has 0 saturated heterocycles. The van der Waals surface area contributed by atoms with Crippen LogP contribution in [0, 0.1) is 0 Å². The Labute approximate surface area is 148 Å². The van der Waals surface area contributed by atoms with E-state index in [9.17, 15) is 10.2 Å². The highest BCUT2D eigenvalue weighted by Gasteiger charge is 2.11. The SMILES string of the molecule is CCCCc1oc(CCc2ccc(O)c(OCCCO)c2)cc1CO. The molecule has 5 nitrogen and oxygen atoms in total. The predicted octanol–water partition coefficient (Wildman–Crippen LogP) is 3.37. The van der Waals surface area contributed by atoms with Crippen LogP contribution in [0.15, 0.2) is 28.7 Å². The minimum atomic E-state index is 0.00457. The fourth-order valence-electron chi connectivity index (χ4n) is 2.68. The van der Waals surface area contributed by atoms with E-state index in [2.05, 4.69) is 6.92 Å². The van der Waals surface area contributed by atoms with Gasteiger partial charge in [0.15, 0.2) is 11.5 Å². The summed E-state index contributed by atoms with van der Waals surface area (Å²) in [6, 6.07) is 7.24. The Hall–Kier alpha value is -1.98. The smallest absolute Gasteiger partial charge is 0.161 e. The second kappa shape index (κ2) is 10.1. The number of phenols is 1. The molecule has 2 aromatic rings. The van der Waals surface area contributed by atoms with Gasteiger partial charge in [0.2, 0.25) is 0 Å². The lowest BCUT2D eigenvalue weighted by atomic mass is 10.1. The van der Waals surface area contributed by atoms with Crippen molar-refractivity contribution in [1.29, 1.82) is 0 Å². The molecular weight excluding hydrogens is 320 g/mol. The molecule has 1 heterocycles. The largest absolute Gasteiger partial charge is 0.504 e. The molecule has 1 aromatic heterocycles. The average molecular weight is 348 g/mol. The zero-order chi connectivity index (χ0) is 18.1. The first kappa shape index (κ1) is 19.3. The molecule has 0 fully saturated rings. The van der Waals surface area contributed by atoms with E-state index in [1.54, 1.807) is 6.07 Å². The maximum Gasteiger partial charge on any atom is 0.161 e. The summed E-state index contributed by atoms with van der Waals surface area (Å²) >= 11 is 0. The molecule has 0 amide bonds. The van der Waals surface area contributed by atoms with Gasteiger partial charge in [-0.1, -0.05) is 19.4 Å². The highest BCUT2D eigenvalue weighted by atomic mass is 16.5. The van der Waals surface area contributed by atoms with Crippen LogP contribution in [-0.4, -0.2) is 28.5 Å². The second-order valence-electron chi connectivity index (χ2n) is 6.15. The van der Waals surface area contributed by atoms with Crippen molar-refractivity contribution in [3.8, 4) is 11.5 Å². The summed E-state index contributed by atoms with van der Waals surface area (Å²) in [5.74, 6) is 2.29. The molecule has 0 radical (unpaired) electrons. The van der Waals surface area contributed by atoms with Crippen LogP contribution in [0.4, 0.5) is 0 Å². The van der Waals surface area contributed by atoms with Crippen molar-refractivity contribution in [2.45, 2.75) is 52.1 Å². The standard InChI is InChI=1S/C20H28O5/c1-2-3-5-19-16(14-22)13-17(25-19)8-6-15-7-9-18(23)20(12-15)24-11-4-10-21/h7,9,12-13,21-23H,2-6,8,10-11,14H2,1H3. The van der Waals surface area contributed by atoms with Crippen molar-refractivity contribution in [3.63, 3.8) is 0 Å². The zero-order valence-corrected chi connectivity index (χ0v) is 14.8. The molecule has 25 heavy (non-hydrogen) atoms. The minimum Gasteiger partial charge on any atom is -0.504 e. The first-order chi connectivity index (χ1) is 12.2. The fraction of sp³-hybridized carbons (Fsp3) is 0.500. The van der Waals surface area contributed by atoms with E-state index >= 15 is 0 Å². The summed E-state index contributed by atoms with van der Waals surface area (Å²) in [5.41, 5.74) is 1.91. The van der Waals surface area contributed by atoms with Crippen molar-refractivity contribution in [1.82, 2.24) is 0 Å². The fourth-order valence-corrected chi connectivity index (χ4v) is 2.68. The monoisotopic (exact) mass is 348 g/mol. The van der Waals surface area contributed by atoms with Crippen molar-refractivity contribution in [2.75, 3.05) is 13.2 Å². The molecule has 5 heteroatoms. The van der Waals surface area contributed by atoms with E-state index in [0.717, 1.165) is 54.8 Å². The van der Waals surface area contributed by atoms with Crippen molar-refractivity contribution < 1.29 is 24.5 Å². The van der Waals surface area contributed by atoms with E-state index in [1.165, 1.54) is 0 Å². The summed E-state index contributed by atoms with van der Waals surface area (Å²) in [4.78, 5) is 0. The second-order valence-corrected chi connectivity index (χ2v) is 6.15. The third kappa shape index (κ3) is 5.80. The number of benzene rings is 1. The number of hydrogen-bond acceptors (Lipinski definition) is 5. The van der Waals surface area contributed by atoms with E-state index in [-0.39, 0.29) is 19.0 Å². The van der Waals surface area contributed by atoms with Crippen LogP contribution in [0.2, 0.25) is 0 Å². The third-order valence-corrected chi connectivity index (χ3v) is 4.12. The van der Waals surface area contributed by atoms with Gasteiger partial charge in [0.1, 0.15) is 11.5 Å². The molecule has 138 valence electrons. The van der Waals surface area contributed by atoms with Gasteiger partial charge in [0, 0.05) is 31.4 Å². The average Bonchev–Trinajstić information content (AvgIpc) is 3.02. The van der Waals surface area contributed by atoms with Crippen molar-refractivity contribution >= 4 is 0 Å². The van der Waals surface area contributed by atoms with Crippen LogP contribution in [0.5, 0.6) is 11.5 Å². The van der Waals surface area contributed by atoms with Crippen LogP contribution >= 0.6 is 0 Å². The normalized spacial score (nSPS) is 11.0. The third-order valence-electron chi connectivity index (χ3n) is 4.12. The van der Waals surface area contributed by atoms with Crippen LogP contribution < -0.4 is 4.74 Å². The van der Waals surface area contributed by atoms with Gasteiger partial charge in [0.25, 0.3) is 0 Å². The molecule has 0 saturated carbocycles. The predicted molar refractivity (Wildman–Crippen MR) is 96.0 cm³/mol. The Morgan fingerprint density at radius 2 is 1.88 bits per heavy atom. The molecule has 2 rings (SSSR count). The van der Waals surface area contributed by atoms with Crippen LogP contribution in [0.1, 0.15) is 48.8 Å². The number of rotatable bonds is 11. The highest BCUT2D eigenvalue weighted by molar-refractivity contribution is 5.42. The van der Waals surface area contributed by atoms with Gasteiger partial charge in [-0.25, -0.2) is 0 Å². The van der Waals surface area contributed by atoms with Crippen LogP contribution in [0.3, 0.4) is 0 Å². The molecule has 0 aliphatic rings. The lowest BCUT2D eigenvalue weighted by Gasteiger charge is -2.09. The molecule has 0 atom stereocenters. The Morgan fingerprint density at radius 3 is 2.60 bits per heavy atom. The number of aromatic hydroxyl groups is 1. The molecule has 3 N–H and O–H groups in total. The molecule has 0 unspecified atom stereocenters. The highest BCUT2D eigenvalue weighted by Crippen LogP contribution is 2.28. The molecular formula is C20H28O5. The van der Waals surface area contributed by atoms with Gasteiger partial charge in [-0.3, -0.25) is 0 Å². The minimum absolute atomic E-state index is 0.00457. The van der Waals surface area contributed by atoms with Crippen LogP contribution in [0.25, 0.3) is 0 Å². The number of aryl methyl sites for hydroxylation is 3. The molecule has 0 bridgehead atoms. The van der Waals surface area contributed by atoms with Gasteiger partial charge in [-0.05, 0) is 36.6 Å². The summed E-state index contributed by atoms with van der Waals surface area (Å²) in [5, 5.41) is 28.1. The van der Waals surface area contributed by atoms with Gasteiger partial charge in [-0.15, -0.1) is 0 Å². The van der Waals surface area contributed by atoms with Crippen molar-refractivity contribution in [2.24, 2.45) is 0 Å². The number of aliphatic hydroxyl groups is 2. The number of ether oxygens (including phenoxy) is 1. The molecule has 0 aliphatic carbocycles. The first-order valence-corrected chi connectivity index (χ1v) is 8.94. The number of unbranched alkanes of at least 4 members (excludes halogenated alkanes) is 1. The first-order valence-electron chi connectivity index (χ1n) is 8.94. The number of furan rings is 1. The van der Waals surface area contributed by atoms with Gasteiger partial charge in [0.05, 0.1) is 13.2 Å². The Balaban J connectivity index is 1.98. The Kier molecular flexibility index (Phi) is 7.82. The maximum absolute atomic E-state index is 9.84. The topological polar surface area (TPSA) is 83.1 Å². The van der Waals surface area contributed by atoms with E-state index in [0.29, 0.717) is 18.8 Å². The Morgan fingerprint density at radius 1 is 1.04 bits per heavy atom.